The molecular formula is C13H21N3O2S. The average Bonchev–Trinajstić information content (AvgIpc) is 2.96. The molecule has 5 nitrogen and oxygen atoms in total. The lowest BCUT2D eigenvalue weighted by Gasteiger charge is -2.15. The molecule has 6 heteroatoms. The van der Waals surface area contributed by atoms with Crippen LogP contribution in [0.2, 0.25) is 0 Å². The van der Waals surface area contributed by atoms with Crippen molar-refractivity contribution in [3.63, 3.8) is 0 Å². The number of hydrogen-bond acceptors (Lipinski definition) is 5. The Morgan fingerprint density at radius 1 is 1.68 bits per heavy atom. The number of nitrogens with two attached hydrogens (primary N) is 1. The summed E-state index contributed by atoms with van der Waals surface area (Å²) in [5.41, 5.74) is 6.50. The van der Waals surface area contributed by atoms with Crippen molar-refractivity contribution in [2.75, 3.05) is 44.0 Å². The number of hydrogen-bond donors (Lipinski definition) is 2. The zero-order valence-electron chi connectivity index (χ0n) is 11.4. The van der Waals surface area contributed by atoms with E-state index in [1.165, 1.54) is 11.3 Å². The Labute approximate surface area is 117 Å². The number of amides is 1. The van der Waals surface area contributed by atoms with Gasteiger partial charge in [-0.2, -0.15) is 0 Å². The largest absolute Gasteiger partial charge is 0.397 e. The summed E-state index contributed by atoms with van der Waals surface area (Å²) in [5, 5.41) is 3.87. The Hall–Kier alpha value is -1.27. The Morgan fingerprint density at radius 3 is 3.16 bits per heavy atom. The first-order valence-electron chi connectivity index (χ1n) is 6.57. The molecule has 2 rings (SSSR count). The maximum Gasteiger partial charge on any atom is 0.263 e. The molecule has 1 atom stereocenters. The summed E-state index contributed by atoms with van der Waals surface area (Å²) >= 11 is 1.47. The molecule has 1 aliphatic heterocycles. The highest BCUT2D eigenvalue weighted by Gasteiger charge is 2.25. The smallest absolute Gasteiger partial charge is 0.263 e. The normalized spacial score (nSPS) is 18.8. The van der Waals surface area contributed by atoms with Gasteiger partial charge in [0, 0.05) is 32.7 Å². The molecule has 1 aliphatic rings. The second-order valence-electron chi connectivity index (χ2n) is 4.78. The van der Waals surface area contributed by atoms with Gasteiger partial charge in [0.1, 0.15) is 4.88 Å². The van der Waals surface area contributed by atoms with E-state index in [4.69, 9.17) is 10.5 Å². The fourth-order valence-electron chi connectivity index (χ4n) is 2.37. The number of nitrogens with zero attached hydrogens (tertiary/aromatic N) is 1. The lowest BCUT2D eigenvalue weighted by Crippen LogP contribution is -2.22. The highest BCUT2D eigenvalue weighted by molar-refractivity contribution is 7.18. The van der Waals surface area contributed by atoms with Crippen LogP contribution in [0.5, 0.6) is 0 Å². The fraction of sp³-hybridized carbons (Fsp3) is 0.615. The maximum atomic E-state index is 11.8. The van der Waals surface area contributed by atoms with E-state index < -0.39 is 0 Å². The van der Waals surface area contributed by atoms with Gasteiger partial charge in [-0.3, -0.25) is 4.79 Å². The highest BCUT2D eigenvalue weighted by atomic mass is 32.1. The lowest BCUT2D eigenvalue weighted by atomic mass is 10.1. The molecule has 0 spiro atoms. The lowest BCUT2D eigenvalue weighted by molar-refractivity contribution is 0.0960. The zero-order valence-corrected chi connectivity index (χ0v) is 12.3. The van der Waals surface area contributed by atoms with Crippen molar-refractivity contribution in [3.05, 3.63) is 10.9 Å². The van der Waals surface area contributed by atoms with E-state index in [1.54, 1.807) is 7.11 Å². The van der Waals surface area contributed by atoms with E-state index in [9.17, 15) is 4.79 Å². The first-order valence-corrected chi connectivity index (χ1v) is 7.38. The van der Waals surface area contributed by atoms with E-state index >= 15 is 0 Å². The summed E-state index contributed by atoms with van der Waals surface area (Å²) in [6.07, 6.45) is 1.13. The van der Waals surface area contributed by atoms with Gasteiger partial charge < -0.3 is 20.7 Å². The third-order valence-electron chi connectivity index (χ3n) is 3.29. The van der Waals surface area contributed by atoms with E-state index in [1.807, 2.05) is 13.0 Å². The molecule has 0 radical (unpaired) electrons. The van der Waals surface area contributed by atoms with Crippen LogP contribution in [-0.2, 0) is 4.74 Å². The molecule has 2 heterocycles. The Morgan fingerprint density at radius 2 is 2.47 bits per heavy atom. The minimum atomic E-state index is -0.0797. The SMILES string of the molecule is CCNC(=O)c1sc(N2CCC(COC)C2)cc1N. The topological polar surface area (TPSA) is 67.6 Å². The number of nitrogen functional groups attached to an aromatic ring is 1. The molecule has 1 aromatic rings. The Balaban J connectivity index is 2.06. The highest BCUT2D eigenvalue weighted by Crippen LogP contribution is 2.35. The van der Waals surface area contributed by atoms with Crippen molar-refractivity contribution in [1.29, 1.82) is 0 Å². The summed E-state index contributed by atoms with van der Waals surface area (Å²) in [5.74, 6) is 0.491. The third kappa shape index (κ3) is 3.19. The van der Waals surface area contributed by atoms with Gasteiger partial charge in [0.2, 0.25) is 0 Å². The summed E-state index contributed by atoms with van der Waals surface area (Å²) in [7, 11) is 1.74. The predicted molar refractivity (Wildman–Crippen MR) is 78.9 cm³/mol. The van der Waals surface area contributed by atoms with Crippen molar-refractivity contribution in [1.82, 2.24) is 5.32 Å². The molecule has 1 fully saturated rings. The minimum Gasteiger partial charge on any atom is -0.397 e. The van der Waals surface area contributed by atoms with Crippen LogP contribution in [0.4, 0.5) is 10.7 Å². The third-order valence-corrected chi connectivity index (χ3v) is 4.50. The molecule has 19 heavy (non-hydrogen) atoms. The van der Waals surface area contributed by atoms with Crippen LogP contribution in [0.1, 0.15) is 23.0 Å². The number of thiophene rings is 1. The van der Waals surface area contributed by atoms with Crippen LogP contribution >= 0.6 is 11.3 Å². The van der Waals surface area contributed by atoms with Gasteiger partial charge in [-0.25, -0.2) is 0 Å². The summed E-state index contributed by atoms with van der Waals surface area (Å²) in [6.45, 7) is 5.29. The van der Waals surface area contributed by atoms with Crippen molar-refractivity contribution in [2.24, 2.45) is 5.92 Å². The summed E-state index contributed by atoms with van der Waals surface area (Å²) < 4.78 is 5.20. The van der Waals surface area contributed by atoms with E-state index in [2.05, 4.69) is 10.2 Å². The van der Waals surface area contributed by atoms with Crippen LogP contribution < -0.4 is 16.0 Å². The number of ether oxygens (including phenoxy) is 1. The standard InChI is InChI=1S/C13H21N3O2S/c1-3-15-13(17)12-10(14)6-11(19-12)16-5-4-9(7-16)8-18-2/h6,9H,3-5,7-8,14H2,1-2H3,(H,15,17). The predicted octanol–water partition coefficient (Wildman–Crippen LogP) is 1.55. The molecule has 0 saturated carbocycles. The average molecular weight is 283 g/mol. The van der Waals surface area contributed by atoms with Crippen LogP contribution in [0.25, 0.3) is 0 Å². The molecule has 0 bridgehead atoms. The van der Waals surface area contributed by atoms with Gasteiger partial charge in [0.05, 0.1) is 17.3 Å². The molecule has 1 saturated heterocycles. The summed E-state index contributed by atoms with van der Waals surface area (Å²) in [6, 6.07) is 1.91. The van der Waals surface area contributed by atoms with Crippen LogP contribution in [0, 0.1) is 5.92 Å². The Bertz CT molecular complexity index is 447. The zero-order chi connectivity index (χ0) is 13.8. The second-order valence-corrected chi connectivity index (χ2v) is 5.82. The number of methoxy groups -OCH3 is 1. The number of anilines is 2. The van der Waals surface area contributed by atoms with Gasteiger partial charge in [0.25, 0.3) is 5.91 Å². The number of nitrogens with one attached hydrogen (secondary N) is 1. The molecule has 1 unspecified atom stereocenters. The van der Waals surface area contributed by atoms with Gasteiger partial charge in [-0.15, -0.1) is 11.3 Å². The molecule has 0 aliphatic carbocycles. The van der Waals surface area contributed by atoms with Gasteiger partial charge in [-0.05, 0) is 19.4 Å². The minimum absolute atomic E-state index is 0.0797. The Kier molecular flexibility index (Phi) is 4.66. The first kappa shape index (κ1) is 14.1. The number of carbonyl (C=O) groups excluding carboxylic acids is 1. The van der Waals surface area contributed by atoms with Crippen molar-refractivity contribution in [3.8, 4) is 0 Å². The van der Waals surface area contributed by atoms with E-state index in [0.717, 1.165) is 31.1 Å². The molecular weight excluding hydrogens is 262 g/mol. The maximum absolute atomic E-state index is 11.8. The van der Waals surface area contributed by atoms with E-state index in [-0.39, 0.29) is 5.91 Å². The molecule has 1 aromatic heterocycles. The van der Waals surface area contributed by atoms with Crippen LogP contribution in [0.15, 0.2) is 6.07 Å². The first-order chi connectivity index (χ1) is 9.15. The van der Waals surface area contributed by atoms with Gasteiger partial charge >= 0.3 is 0 Å². The van der Waals surface area contributed by atoms with Crippen LogP contribution in [0.3, 0.4) is 0 Å². The van der Waals surface area contributed by atoms with Crippen molar-refractivity contribution >= 4 is 27.9 Å². The van der Waals surface area contributed by atoms with Crippen molar-refractivity contribution in [2.45, 2.75) is 13.3 Å². The van der Waals surface area contributed by atoms with Gasteiger partial charge in [0.15, 0.2) is 0 Å². The number of carbonyl (C=O) groups is 1. The molecule has 106 valence electrons. The van der Waals surface area contributed by atoms with Crippen LogP contribution in [-0.4, -0.2) is 39.3 Å². The quantitative estimate of drug-likeness (QED) is 0.860. The summed E-state index contributed by atoms with van der Waals surface area (Å²) in [4.78, 5) is 14.7. The van der Waals surface area contributed by atoms with E-state index in [0.29, 0.717) is 23.0 Å². The number of rotatable bonds is 5. The van der Waals surface area contributed by atoms with Gasteiger partial charge in [-0.1, -0.05) is 0 Å². The molecule has 3 N–H and O–H groups in total. The second kappa shape index (κ2) is 6.25. The van der Waals surface area contributed by atoms with Crippen molar-refractivity contribution < 1.29 is 9.53 Å². The fourth-order valence-corrected chi connectivity index (χ4v) is 3.40. The molecule has 1 amide bonds. The molecule has 0 aromatic carbocycles. The monoisotopic (exact) mass is 283 g/mol.